The van der Waals surface area contributed by atoms with Crippen molar-refractivity contribution in [3.8, 4) is 0 Å². The predicted molar refractivity (Wildman–Crippen MR) is 73.5 cm³/mol. The molecule has 0 aromatic heterocycles. The van der Waals surface area contributed by atoms with E-state index in [-0.39, 0.29) is 12.0 Å². The number of nitrogens with zero attached hydrogens (tertiary/aromatic N) is 1. The smallest absolute Gasteiger partial charge is 0.323 e. The van der Waals surface area contributed by atoms with Crippen LogP contribution in [0.3, 0.4) is 0 Å². The second kappa shape index (κ2) is 5.33. The van der Waals surface area contributed by atoms with Crippen LogP contribution in [0.4, 0.5) is 0 Å². The molecule has 0 unspecified atom stereocenters. The highest BCUT2D eigenvalue weighted by molar-refractivity contribution is 5.76. The minimum atomic E-state index is -0.0506. The zero-order chi connectivity index (χ0) is 13.2. The number of fused-ring (bicyclic) bond motifs is 3. The van der Waals surface area contributed by atoms with Crippen molar-refractivity contribution in [3.05, 3.63) is 35.9 Å². The molecule has 3 nitrogen and oxygen atoms in total. The standard InChI is InChI=1S/C16H21NO2/c1-19-16(18)15-13-7-9-14(10-8-13)17(15)11-12-5-3-2-4-6-12/h2-6,13-15H,7-11H2,1H3/t13?,14?,15-/m1/s1. The van der Waals surface area contributed by atoms with Crippen molar-refractivity contribution < 1.29 is 9.53 Å². The summed E-state index contributed by atoms with van der Waals surface area (Å²) in [7, 11) is 1.51. The summed E-state index contributed by atoms with van der Waals surface area (Å²) in [4.78, 5) is 14.5. The van der Waals surface area contributed by atoms with Gasteiger partial charge in [-0.05, 0) is 37.2 Å². The lowest BCUT2D eigenvalue weighted by Gasteiger charge is -2.50. The van der Waals surface area contributed by atoms with Gasteiger partial charge in [0.2, 0.25) is 0 Å². The van der Waals surface area contributed by atoms with Crippen LogP contribution in [0.2, 0.25) is 0 Å². The summed E-state index contributed by atoms with van der Waals surface area (Å²) in [6, 6.07) is 10.9. The molecule has 1 aromatic rings. The Morgan fingerprint density at radius 1 is 1.21 bits per heavy atom. The van der Waals surface area contributed by atoms with Crippen LogP contribution in [-0.2, 0) is 16.1 Å². The average Bonchev–Trinajstić information content (AvgIpc) is 2.49. The van der Waals surface area contributed by atoms with E-state index in [0.29, 0.717) is 12.0 Å². The van der Waals surface area contributed by atoms with Gasteiger partial charge in [0, 0.05) is 12.6 Å². The minimum absolute atomic E-state index is 0.0299. The van der Waals surface area contributed by atoms with Crippen LogP contribution >= 0.6 is 0 Å². The molecule has 2 saturated heterocycles. The molecule has 3 fully saturated rings. The molecule has 1 atom stereocenters. The number of rotatable bonds is 3. The molecule has 0 amide bonds. The second-order valence-electron chi connectivity index (χ2n) is 5.69. The number of piperidine rings is 2. The van der Waals surface area contributed by atoms with E-state index in [9.17, 15) is 4.79 Å². The van der Waals surface area contributed by atoms with E-state index in [1.807, 2.05) is 6.07 Å². The number of ether oxygens (including phenoxy) is 1. The van der Waals surface area contributed by atoms with Gasteiger partial charge in [-0.25, -0.2) is 0 Å². The van der Waals surface area contributed by atoms with Gasteiger partial charge >= 0.3 is 5.97 Å². The number of hydrogen-bond acceptors (Lipinski definition) is 3. The molecule has 3 aliphatic rings. The third-order valence-corrected chi connectivity index (χ3v) is 4.66. The molecule has 102 valence electrons. The van der Waals surface area contributed by atoms with E-state index in [0.717, 1.165) is 6.54 Å². The number of carbonyl (C=O) groups is 1. The zero-order valence-corrected chi connectivity index (χ0v) is 11.4. The van der Waals surface area contributed by atoms with Crippen LogP contribution in [0, 0.1) is 5.92 Å². The molecular weight excluding hydrogens is 238 g/mol. The summed E-state index contributed by atoms with van der Waals surface area (Å²) >= 11 is 0. The molecule has 0 radical (unpaired) electrons. The molecule has 1 aromatic carbocycles. The van der Waals surface area contributed by atoms with Gasteiger partial charge in [-0.3, -0.25) is 9.69 Å². The summed E-state index contributed by atoms with van der Waals surface area (Å²) in [6.07, 6.45) is 4.81. The van der Waals surface area contributed by atoms with Crippen LogP contribution < -0.4 is 0 Å². The third-order valence-electron chi connectivity index (χ3n) is 4.66. The molecule has 19 heavy (non-hydrogen) atoms. The number of benzene rings is 1. The molecule has 1 aliphatic carbocycles. The van der Waals surface area contributed by atoms with Crippen LogP contribution in [0.15, 0.2) is 30.3 Å². The highest BCUT2D eigenvalue weighted by Crippen LogP contribution is 2.40. The Balaban J connectivity index is 1.82. The molecule has 2 aliphatic heterocycles. The Hall–Kier alpha value is -1.35. The first-order valence-electron chi connectivity index (χ1n) is 7.17. The highest BCUT2D eigenvalue weighted by atomic mass is 16.5. The van der Waals surface area contributed by atoms with Gasteiger partial charge in [0.05, 0.1) is 7.11 Å². The Bertz CT molecular complexity index is 437. The van der Waals surface area contributed by atoms with Crippen LogP contribution in [0.25, 0.3) is 0 Å². The quantitative estimate of drug-likeness (QED) is 0.781. The Kier molecular flexibility index (Phi) is 3.56. The summed E-state index contributed by atoms with van der Waals surface area (Å²) in [5.74, 6) is 0.437. The number of carbonyl (C=O) groups excluding carboxylic acids is 1. The maximum atomic E-state index is 12.1. The first-order chi connectivity index (χ1) is 9.29. The van der Waals surface area contributed by atoms with Crippen molar-refractivity contribution in [1.82, 2.24) is 4.90 Å². The van der Waals surface area contributed by atoms with Crippen molar-refractivity contribution in [2.75, 3.05) is 7.11 Å². The van der Waals surface area contributed by atoms with Gasteiger partial charge in [-0.15, -0.1) is 0 Å². The lowest BCUT2D eigenvalue weighted by atomic mass is 9.74. The first kappa shape index (κ1) is 12.7. The average molecular weight is 259 g/mol. The van der Waals surface area contributed by atoms with Crippen molar-refractivity contribution in [2.45, 2.75) is 44.3 Å². The lowest BCUT2D eigenvalue weighted by molar-refractivity contribution is -0.157. The maximum Gasteiger partial charge on any atom is 0.323 e. The molecule has 2 bridgehead atoms. The highest BCUT2D eigenvalue weighted by Gasteiger charge is 2.45. The van der Waals surface area contributed by atoms with Crippen molar-refractivity contribution in [2.24, 2.45) is 5.92 Å². The largest absolute Gasteiger partial charge is 0.468 e. The fourth-order valence-corrected chi connectivity index (χ4v) is 3.72. The first-order valence-corrected chi connectivity index (χ1v) is 7.17. The van der Waals surface area contributed by atoms with Crippen molar-refractivity contribution in [3.63, 3.8) is 0 Å². The normalized spacial score (nSPS) is 30.3. The predicted octanol–water partition coefficient (Wildman–Crippen LogP) is 2.60. The van der Waals surface area contributed by atoms with E-state index in [2.05, 4.69) is 29.2 Å². The molecule has 1 saturated carbocycles. The molecule has 0 spiro atoms. The number of methoxy groups -OCH3 is 1. The lowest BCUT2D eigenvalue weighted by Crippen LogP contribution is -2.58. The molecular formula is C16H21NO2. The van der Waals surface area contributed by atoms with E-state index in [1.165, 1.54) is 38.4 Å². The maximum absolute atomic E-state index is 12.1. The van der Waals surface area contributed by atoms with E-state index < -0.39 is 0 Å². The van der Waals surface area contributed by atoms with Gasteiger partial charge in [-0.1, -0.05) is 30.3 Å². The summed E-state index contributed by atoms with van der Waals surface area (Å²) < 4.78 is 5.03. The zero-order valence-electron chi connectivity index (χ0n) is 11.4. The topological polar surface area (TPSA) is 29.5 Å². The van der Waals surface area contributed by atoms with Gasteiger partial charge in [0.1, 0.15) is 6.04 Å². The van der Waals surface area contributed by atoms with Gasteiger partial charge < -0.3 is 4.74 Å². The summed E-state index contributed by atoms with van der Waals surface area (Å²) in [6.45, 7) is 0.863. The van der Waals surface area contributed by atoms with Crippen LogP contribution in [0.1, 0.15) is 31.2 Å². The molecule has 2 heterocycles. The molecule has 3 heteroatoms. The Morgan fingerprint density at radius 3 is 2.53 bits per heavy atom. The third kappa shape index (κ3) is 2.39. The number of hydrogen-bond donors (Lipinski definition) is 0. The molecule has 0 N–H and O–H groups in total. The Labute approximate surface area is 114 Å². The second-order valence-corrected chi connectivity index (χ2v) is 5.69. The van der Waals surface area contributed by atoms with Gasteiger partial charge in [0.15, 0.2) is 0 Å². The fourth-order valence-electron chi connectivity index (χ4n) is 3.72. The van der Waals surface area contributed by atoms with Crippen LogP contribution in [0.5, 0.6) is 0 Å². The fraction of sp³-hybridized carbons (Fsp3) is 0.562. The Morgan fingerprint density at radius 2 is 1.89 bits per heavy atom. The van der Waals surface area contributed by atoms with E-state index in [4.69, 9.17) is 4.74 Å². The minimum Gasteiger partial charge on any atom is -0.468 e. The molecule has 4 rings (SSSR count). The summed E-state index contributed by atoms with van der Waals surface area (Å²) in [5, 5.41) is 0. The van der Waals surface area contributed by atoms with Crippen molar-refractivity contribution >= 4 is 5.97 Å². The van der Waals surface area contributed by atoms with Crippen molar-refractivity contribution in [1.29, 1.82) is 0 Å². The van der Waals surface area contributed by atoms with Gasteiger partial charge in [-0.2, -0.15) is 0 Å². The van der Waals surface area contributed by atoms with Crippen LogP contribution in [-0.4, -0.2) is 30.1 Å². The summed E-state index contributed by atoms with van der Waals surface area (Å²) in [5.41, 5.74) is 1.28. The number of esters is 1. The van der Waals surface area contributed by atoms with Gasteiger partial charge in [0.25, 0.3) is 0 Å². The van der Waals surface area contributed by atoms with E-state index >= 15 is 0 Å². The van der Waals surface area contributed by atoms with E-state index in [1.54, 1.807) is 0 Å². The monoisotopic (exact) mass is 259 g/mol. The SMILES string of the molecule is COC(=O)[C@H]1C2CCC(CC2)N1Cc1ccccc1.